The minimum atomic E-state index is -0.827. The van der Waals surface area contributed by atoms with Crippen LogP contribution < -0.4 is 4.90 Å². The van der Waals surface area contributed by atoms with Gasteiger partial charge in [0.05, 0.1) is 23.6 Å². The molecule has 2 unspecified atom stereocenters. The van der Waals surface area contributed by atoms with Crippen molar-refractivity contribution in [1.82, 2.24) is 9.78 Å². The quantitative estimate of drug-likeness (QED) is 0.392. The van der Waals surface area contributed by atoms with E-state index in [9.17, 15) is 15.3 Å². The third-order valence-electron chi connectivity index (χ3n) is 8.22. The van der Waals surface area contributed by atoms with E-state index in [0.29, 0.717) is 11.3 Å². The molecular weight excluding hydrogens is 462 g/mol. The van der Waals surface area contributed by atoms with Crippen LogP contribution in [0.5, 0.6) is 5.88 Å². The number of fused-ring (bicyclic) bond motifs is 1. The van der Waals surface area contributed by atoms with Crippen LogP contribution in [0, 0.1) is 5.92 Å². The zero-order valence-corrected chi connectivity index (χ0v) is 22.5. The Hall–Kier alpha value is -3.09. The van der Waals surface area contributed by atoms with Gasteiger partial charge in [-0.1, -0.05) is 83.5 Å². The molecule has 196 valence electrons. The van der Waals surface area contributed by atoms with E-state index >= 15 is 0 Å². The molecule has 2 aliphatic rings. The molecule has 5 rings (SSSR count). The largest absolute Gasteiger partial charge is 0.493 e. The van der Waals surface area contributed by atoms with E-state index in [1.165, 1.54) is 15.9 Å². The number of aliphatic hydroxyl groups is 2. The average molecular weight is 502 g/mol. The molecule has 1 saturated carbocycles. The van der Waals surface area contributed by atoms with E-state index in [1.807, 2.05) is 44.2 Å². The second kappa shape index (κ2) is 9.66. The first kappa shape index (κ1) is 25.6. The number of anilines is 1. The van der Waals surface area contributed by atoms with Crippen LogP contribution in [0.4, 0.5) is 5.69 Å². The minimum Gasteiger partial charge on any atom is -0.493 e. The third-order valence-corrected chi connectivity index (χ3v) is 8.22. The van der Waals surface area contributed by atoms with E-state index < -0.39 is 24.0 Å². The molecule has 3 N–H and O–H groups in total. The summed E-state index contributed by atoms with van der Waals surface area (Å²) in [5.41, 5.74) is 5.35. The van der Waals surface area contributed by atoms with Gasteiger partial charge in [0.1, 0.15) is 0 Å². The Kier molecular flexibility index (Phi) is 6.67. The smallest absolute Gasteiger partial charge is 0.218 e. The molecule has 6 heteroatoms. The number of hydrogen-bond acceptors (Lipinski definition) is 5. The topological polar surface area (TPSA) is 81.8 Å². The lowest BCUT2D eigenvalue weighted by molar-refractivity contribution is -0.0956. The molecule has 2 heterocycles. The van der Waals surface area contributed by atoms with E-state index in [4.69, 9.17) is 5.10 Å². The molecule has 1 aliphatic carbocycles. The molecule has 1 fully saturated rings. The molecule has 1 aliphatic heterocycles. The second-order valence-electron chi connectivity index (χ2n) is 11.3. The predicted molar refractivity (Wildman–Crippen MR) is 147 cm³/mol. The van der Waals surface area contributed by atoms with Crippen LogP contribution in [0.3, 0.4) is 0 Å². The Balaban J connectivity index is 1.51. The van der Waals surface area contributed by atoms with Crippen molar-refractivity contribution in [1.29, 1.82) is 0 Å². The highest BCUT2D eigenvalue weighted by atomic mass is 16.3. The van der Waals surface area contributed by atoms with Crippen molar-refractivity contribution < 1.29 is 15.3 Å². The lowest BCUT2D eigenvalue weighted by atomic mass is 9.64. The first-order valence-electron chi connectivity index (χ1n) is 13.5. The molecular formula is C31H39N3O3. The molecule has 2 atom stereocenters. The van der Waals surface area contributed by atoms with Crippen LogP contribution >= 0.6 is 0 Å². The maximum absolute atomic E-state index is 11.4. The highest BCUT2D eigenvalue weighted by Gasteiger charge is 2.53. The van der Waals surface area contributed by atoms with Crippen molar-refractivity contribution >= 4 is 5.69 Å². The summed E-state index contributed by atoms with van der Waals surface area (Å²) in [6, 6.07) is 18.0. The zero-order valence-electron chi connectivity index (χ0n) is 22.5. The number of nitrogens with zero attached hydrogens (tertiary/aromatic N) is 3. The summed E-state index contributed by atoms with van der Waals surface area (Å²) in [7, 11) is 0. The maximum atomic E-state index is 11.4. The van der Waals surface area contributed by atoms with Gasteiger partial charge in [-0.3, -0.25) is 0 Å². The molecule has 1 aromatic heterocycles. The van der Waals surface area contributed by atoms with Gasteiger partial charge in [0.15, 0.2) is 0 Å². The second-order valence-corrected chi connectivity index (χ2v) is 11.3. The lowest BCUT2D eigenvalue weighted by Crippen LogP contribution is -2.53. The first-order chi connectivity index (χ1) is 17.7. The van der Waals surface area contributed by atoms with Crippen molar-refractivity contribution in [3.8, 4) is 11.6 Å². The SMILES string of the molecule is CCCCN1C(=CC2C(O)C(c3c(C(C)C)nn(-c4ccccc4)c3O)C2O)C(C)(C)c2ccccc21. The van der Waals surface area contributed by atoms with E-state index in [0.717, 1.165) is 30.8 Å². The van der Waals surface area contributed by atoms with Gasteiger partial charge in [-0.15, -0.1) is 0 Å². The van der Waals surface area contributed by atoms with Gasteiger partial charge < -0.3 is 20.2 Å². The number of benzene rings is 2. The average Bonchev–Trinajstić information content (AvgIpc) is 3.33. The predicted octanol–water partition coefficient (Wildman–Crippen LogP) is 5.62. The summed E-state index contributed by atoms with van der Waals surface area (Å²) >= 11 is 0. The van der Waals surface area contributed by atoms with E-state index in [-0.39, 0.29) is 17.2 Å². The van der Waals surface area contributed by atoms with Gasteiger partial charge >= 0.3 is 0 Å². The fourth-order valence-corrected chi connectivity index (χ4v) is 6.09. The Morgan fingerprint density at radius 2 is 1.65 bits per heavy atom. The number of aliphatic hydroxyl groups excluding tert-OH is 2. The van der Waals surface area contributed by atoms with Gasteiger partial charge in [-0.05, 0) is 36.1 Å². The zero-order chi connectivity index (χ0) is 26.5. The molecule has 3 aromatic rings. The third kappa shape index (κ3) is 4.07. The maximum Gasteiger partial charge on any atom is 0.218 e. The van der Waals surface area contributed by atoms with Crippen LogP contribution in [-0.4, -0.2) is 43.9 Å². The van der Waals surface area contributed by atoms with Crippen LogP contribution in [0.2, 0.25) is 0 Å². The Morgan fingerprint density at radius 1 is 1.00 bits per heavy atom. The van der Waals surface area contributed by atoms with Gasteiger partial charge in [0, 0.05) is 40.7 Å². The van der Waals surface area contributed by atoms with Crippen molar-refractivity contribution in [2.24, 2.45) is 5.92 Å². The number of hydrogen-bond donors (Lipinski definition) is 3. The van der Waals surface area contributed by atoms with Crippen molar-refractivity contribution in [3.63, 3.8) is 0 Å². The van der Waals surface area contributed by atoms with Gasteiger partial charge in [0.25, 0.3) is 0 Å². The fraction of sp³-hybridized carbons (Fsp3) is 0.452. The van der Waals surface area contributed by atoms with Gasteiger partial charge in [-0.2, -0.15) is 5.10 Å². The van der Waals surface area contributed by atoms with Crippen molar-refractivity contribution in [3.05, 3.63) is 83.2 Å². The highest BCUT2D eigenvalue weighted by Crippen LogP contribution is 2.53. The molecule has 2 aromatic carbocycles. The summed E-state index contributed by atoms with van der Waals surface area (Å²) < 4.78 is 1.51. The highest BCUT2D eigenvalue weighted by molar-refractivity contribution is 5.70. The van der Waals surface area contributed by atoms with Crippen LogP contribution in [0.25, 0.3) is 5.69 Å². The van der Waals surface area contributed by atoms with E-state index in [2.05, 4.69) is 56.0 Å². The molecule has 0 radical (unpaired) electrons. The molecule has 0 spiro atoms. The lowest BCUT2D eigenvalue weighted by Gasteiger charge is -2.46. The monoisotopic (exact) mass is 501 g/mol. The Bertz CT molecular complexity index is 1280. The minimum absolute atomic E-state index is 0.0118. The standard InChI is InChI=1S/C31H39N3O3/c1-6-7-17-33-23-16-12-11-15-22(23)31(4,5)24(33)18-21-28(35)26(29(21)36)25-27(19(2)3)32-34(30(25)37)20-13-9-8-10-14-20/h8-16,18-19,21,26,28-29,35-37H,6-7,17H2,1-5H3. The van der Waals surface area contributed by atoms with Crippen LogP contribution in [0.1, 0.15) is 76.1 Å². The number of allylic oxidation sites excluding steroid dienone is 1. The number of aromatic hydroxyl groups is 1. The normalized spacial score (nSPS) is 25.5. The number of para-hydroxylation sites is 2. The van der Waals surface area contributed by atoms with Crippen molar-refractivity contribution in [2.75, 3.05) is 11.4 Å². The van der Waals surface area contributed by atoms with Crippen LogP contribution in [-0.2, 0) is 5.41 Å². The number of rotatable bonds is 7. The summed E-state index contributed by atoms with van der Waals surface area (Å²) in [6.07, 6.45) is 2.57. The Morgan fingerprint density at radius 3 is 2.30 bits per heavy atom. The van der Waals surface area contributed by atoms with Gasteiger partial charge in [-0.25, -0.2) is 4.68 Å². The Labute approximate surface area is 219 Å². The molecule has 6 nitrogen and oxygen atoms in total. The van der Waals surface area contributed by atoms with Crippen LogP contribution in [0.15, 0.2) is 66.4 Å². The fourth-order valence-electron chi connectivity index (χ4n) is 6.09. The summed E-state index contributed by atoms with van der Waals surface area (Å²) in [5.74, 6) is -1.03. The van der Waals surface area contributed by atoms with E-state index in [1.54, 1.807) is 0 Å². The molecule has 0 saturated heterocycles. The summed E-state index contributed by atoms with van der Waals surface area (Å²) in [4.78, 5) is 2.36. The van der Waals surface area contributed by atoms with Crippen molar-refractivity contribution in [2.45, 2.75) is 76.9 Å². The summed E-state index contributed by atoms with van der Waals surface area (Å²) in [6.45, 7) is 11.5. The molecule has 37 heavy (non-hydrogen) atoms. The number of aromatic nitrogens is 2. The number of unbranched alkanes of at least 4 members (excludes halogenated alkanes) is 1. The first-order valence-corrected chi connectivity index (χ1v) is 13.5. The molecule has 0 amide bonds. The van der Waals surface area contributed by atoms with Gasteiger partial charge in [0.2, 0.25) is 5.88 Å². The summed E-state index contributed by atoms with van der Waals surface area (Å²) in [5, 5.41) is 38.8. The molecule has 0 bridgehead atoms.